The third kappa shape index (κ3) is 4.93. The summed E-state index contributed by atoms with van der Waals surface area (Å²) in [5.41, 5.74) is 1.03. The Hall–Kier alpha value is -1.13. The van der Waals surface area contributed by atoms with E-state index in [-0.39, 0.29) is 30.1 Å². The van der Waals surface area contributed by atoms with Crippen molar-refractivity contribution in [2.45, 2.75) is 19.4 Å². The zero-order valence-electron chi connectivity index (χ0n) is 13.7. The normalized spacial score (nSPS) is 17.8. The molecule has 2 heterocycles. The van der Waals surface area contributed by atoms with Crippen LogP contribution in [0.5, 0.6) is 0 Å². The third-order valence-corrected chi connectivity index (χ3v) is 4.74. The van der Waals surface area contributed by atoms with Gasteiger partial charge in [-0.3, -0.25) is 4.99 Å². The Morgan fingerprint density at radius 2 is 2.29 bits per heavy atom. The molecule has 1 atom stereocenters. The van der Waals surface area contributed by atoms with Crippen LogP contribution >= 0.6 is 35.3 Å². The van der Waals surface area contributed by atoms with Crippen LogP contribution < -0.4 is 10.6 Å². The number of rotatable bonds is 5. The van der Waals surface area contributed by atoms with Crippen LogP contribution in [-0.4, -0.2) is 59.8 Å². The first-order valence-electron chi connectivity index (χ1n) is 8.07. The van der Waals surface area contributed by atoms with Gasteiger partial charge in [-0.15, -0.1) is 24.0 Å². The first-order valence-corrected chi connectivity index (χ1v) is 8.88. The molecule has 1 aromatic carbocycles. The molecular weight excluding hydrogens is 437 g/mol. The van der Waals surface area contributed by atoms with Crippen LogP contribution in [0.4, 0.5) is 5.13 Å². The summed E-state index contributed by atoms with van der Waals surface area (Å²) >= 11 is 1.66. The minimum absolute atomic E-state index is 0. The number of guanidine groups is 1. The smallest absolute Gasteiger partial charge is 0.194 e. The first-order chi connectivity index (χ1) is 11.3. The molecule has 8 heteroatoms. The number of aliphatic imine (C=N–C) groups is 1. The van der Waals surface area contributed by atoms with Gasteiger partial charge >= 0.3 is 0 Å². The highest BCUT2D eigenvalue weighted by Gasteiger charge is 2.22. The summed E-state index contributed by atoms with van der Waals surface area (Å²) < 4.78 is 1.19. The van der Waals surface area contributed by atoms with Crippen LogP contribution in [0.1, 0.15) is 13.3 Å². The number of hydrogen-bond donors (Lipinski definition) is 3. The molecule has 3 rings (SSSR count). The second-order valence-corrected chi connectivity index (χ2v) is 6.57. The number of aliphatic hydroxyl groups excluding tert-OH is 1. The van der Waals surface area contributed by atoms with Crippen LogP contribution in [0.25, 0.3) is 10.2 Å². The third-order valence-electron chi connectivity index (χ3n) is 3.74. The molecule has 1 aliphatic rings. The van der Waals surface area contributed by atoms with Crippen LogP contribution in [0, 0.1) is 0 Å². The van der Waals surface area contributed by atoms with Crippen molar-refractivity contribution in [3.05, 3.63) is 24.3 Å². The fourth-order valence-electron chi connectivity index (χ4n) is 2.63. The van der Waals surface area contributed by atoms with Crippen molar-refractivity contribution in [2.24, 2.45) is 4.99 Å². The lowest BCUT2D eigenvalue weighted by Crippen LogP contribution is -2.40. The maximum absolute atomic E-state index is 9.66. The van der Waals surface area contributed by atoms with E-state index < -0.39 is 0 Å². The van der Waals surface area contributed by atoms with Gasteiger partial charge in [-0.05, 0) is 25.5 Å². The predicted octanol–water partition coefficient (Wildman–Crippen LogP) is 2.36. The van der Waals surface area contributed by atoms with E-state index in [9.17, 15) is 5.11 Å². The fourth-order valence-corrected chi connectivity index (χ4v) is 3.52. The lowest BCUT2D eigenvalue weighted by molar-refractivity contribution is 0.188. The number of para-hydroxylation sites is 1. The molecule has 1 aromatic heterocycles. The number of nitrogens with zero attached hydrogens (tertiary/aromatic N) is 3. The molecule has 132 valence electrons. The number of nitrogens with one attached hydrogen (secondary N) is 2. The summed E-state index contributed by atoms with van der Waals surface area (Å²) in [4.78, 5) is 11.3. The predicted molar refractivity (Wildman–Crippen MR) is 112 cm³/mol. The van der Waals surface area contributed by atoms with Crippen LogP contribution in [0.3, 0.4) is 0 Å². The number of thiazole rings is 1. The molecule has 1 saturated heterocycles. The molecule has 6 nitrogen and oxygen atoms in total. The van der Waals surface area contributed by atoms with Gasteiger partial charge in [-0.2, -0.15) is 0 Å². The molecule has 0 aliphatic carbocycles. The van der Waals surface area contributed by atoms with E-state index in [1.165, 1.54) is 4.70 Å². The quantitative estimate of drug-likeness (QED) is 0.276. The number of anilines is 1. The van der Waals surface area contributed by atoms with Gasteiger partial charge < -0.3 is 20.6 Å². The van der Waals surface area contributed by atoms with Crippen molar-refractivity contribution < 1.29 is 5.11 Å². The molecule has 0 spiro atoms. The van der Waals surface area contributed by atoms with Crippen molar-refractivity contribution in [3.63, 3.8) is 0 Å². The summed E-state index contributed by atoms with van der Waals surface area (Å²) in [5.74, 6) is 0.884. The number of likely N-dealkylation sites (tertiary alicyclic amines) is 1. The van der Waals surface area contributed by atoms with Crippen molar-refractivity contribution in [2.75, 3.05) is 38.0 Å². The Kier molecular flexibility index (Phi) is 7.50. The molecule has 3 N–H and O–H groups in total. The van der Waals surface area contributed by atoms with E-state index in [0.717, 1.165) is 42.7 Å². The maximum atomic E-state index is 9.66. The average molecular weight is 461 g/mol. The van der Waals surface area contributed by atoms with E-state index in [4.69, 9.17) is 0 Å². The number of halogens is 1. The Bertz CT molecular complexity index is 644. The molecular formula is C16H24IN5OS. The van der Waals surface area contributed by atoms with Crippen molar-refractivity contribution in [3.8, 4) is 0 Å². The van der Waals surface area contributed by atoms with E-state index in [0.29, 0.717) is 13.1 Å². The van der Waals surface area contributed by atoms with Gasteiger partial charge in [0.25, 0.3) is 0 Å². The largest absolute Gasteiger partial charge is 0.391 e. The number of aliphatic hydroxyl groups is 1. The molecule has 0 amide bonds. The van der Waals surface area contributed by atoms with Gasteiger partial charge in [0.1, 0.15) is 0 Å². The second-order valence-electron chi connectivity index (χ2n) is 5.54. The molecule has 2 aromatic rings. The lowest BCUT2D eigenvalue weighted by atomic mass is 10.3. The number of fused-ring (bicyclic) bond motifs is 1. The van der Waals surface area contributed by atoms with Crippen molar-refractivity contribution in [1.82, 2.24) is 15.2 Å². The first kappa shape index (κ1) is 19.2. The standard InChI is InChI=1S/C16H23N5OS.HI/c1-2-17-15(21-10-7-12(22)11-21)18-8-9-19-16-20-13-5-3-4-6-14(13)23-16;/h3-6,12,22H,2,7-11H2,1H3,(H,17,18)(H,19,20);1H/t12-;/m1./s1. The molecule has 1 aliphatic heterocycles. The lowest BCUT2D eigenvalue weighted by Gasteiger charge is -2.20. The number of aromatic nitrogens is 1. The molecule has 1 fully saturated rings. The Balaban J connectivity index is 0.00000208. The number of benzene rings is 1. The van der Waals surface area contributed by atoms with E-state index >= 15 is 0 Å². The minimum atomic E-state index is -0.236. The molecule has 24 heavy (non-hydrogen) atoms. The highest BCUT2D eigenvalue weighted by atomic mass is 127. The van der Waals surface area contributed by atoms with Gasteiger partial charge in [0.15, 0.2) is 11.1 Å². The number of β-amino-alcohol motifs (C(OH)–C–C–N with tert-alkyl or cyclic N) is 1. The highest BCUT2D eigenvalue weighted by Crippen LogP contribution is 2.24. The molecule has 0 radical (unpaired) electrons. The number of hydrogen-bond acceptors (Lipinski definition) is 5. The Morgan fingerprint density at radius 3 is 3.00 bits per heavy atom. The summed E-state index contributed by atoms with van der Waals surface area (Å²) in [6.45, 7) is 5.82. The summed E-state index contributed by atoms with van der Waals surface area (Å²) in [6, 6.07) is 8.14. The summed E-state index contributed by atoms with van der Waals surface area (Å²) in [5, 5.41) is 17.2. The zero-order chi connectivity index (χ0) is 16.1. The highest BCUT2D eigenvalue weighted by molar-refractivity contribution is 14.0. The average Bonchev–Trinajstić information content (AvgIpc) is 3.16. The molecule has 0 bridgehead atoms. The van der Waals surface area contributed by atoms with Crippen molar-refractivity contribution >= 4 is 56.6 Å². The Morgan fingerprint density at radius 1 is 1.46 bits per heavy atom. The molecule has 0 unspecified atom stereocenters. The van der Waals surface area contributed by atoms with Gasteiger partial charge in [-0.25, -0.2) is 4.98 Å². The second kappa shape index (κ2) is 9.38. The monoisotopic (exact) mass is 461 g/mol. The van der Waals surface area contributed by atoms with E-state index in [1.807, 2.05) is 18.2 Å². The van der Waals surface area contributed by atoms with Crippen LogP contribution in [0.15, 0.2) is 29.3 Å². The van der Waals surface area contributed by atoms with Gasteiger partial charge in [-0.1, -0.05) is 23.5 Å². The van der Waals surface area contributed by atoms with E-state index in [1.54, 1.807) is 11.3 Å². The summed E-state index contributed by atoms with van der Waals surface area (Å²) in [7, 11) is 0. The van der Waals surface area contributed by atoms with Crippen LogP contribution in [0.2, 0.25) is 0 Å². The molecule has 0 saturated carbocycles. The fraction of sp³-hybridized carbons (Fsp3) is 0.500. The van der Waals surface area contributed by atoms with Gasteiger partial charge in [0, 0.05) is 26.2 Å². The SMILES string of the molecule is CCNC(=NCCNc1nc2ccccc2s1)N1CC[C@@H](O)C1.I. The summed E-state index contributed by atoms with van der Waals surface area (Å²) in [6.07, 6.45) is 0.577. The van der Waals surface area contributed by atoms with Gasteiger partial charge in [0.05, 0.1) is 22.9 Å². The van der Waals surface area contributed by atoms with E-state index in [2.05, 4.69) is 38.5 Å². The van der Waals surface area contributed by atoms with Gasteiger partial charge in [0.2, 0.25) is 0 Å². The topological polar surface area (TPSA) is 72.8 Å². The Labute approximate surface area is 163 Å². The van der Waals surface area contributed by atoms with Crippen molar-refractivity contribution in [1.29, 1.82) is 0 Å². The minimum Gasteiger partial charge on any atom is -0.391 e. The van der Waals surface area contributed by atoms with Crippen LogP contribution in [-0.2, 0) is 0 Å². The zero-order valence-corrected chi connectivity index (χ0v) is 16.9. The maximum Gasteiger partial charge on any atom is 0.194 e.